The number of hydrogen-bond acceptors (Lipinski definition) is 3. The third-order valence-electron chi connectivity index (χ3n) is 2.82. The van der Waals surface area contributed by atoms with E-state index in [2.05, 4.69) is 0 Å². The molecule has 1 aliphatic rings. The van der Waals surface area contributed by atoms with E-state index in [-0.39, 0.29) is 18.2 Å². The monoisotopic (exact) mass is 214 g/mol. The van der Waals surface area contributed by atoms with Crippen LogP contribution in [0.2, 0.25) is 0 Å². The fourth-order valence-corrected chi connectivity index (χ4v) is 1.86. The van der Waals surface area contributed by atoms with Gasteiger partial charge in [-0.05, 0) is 18.8 Å². The summed E-state index contributed by atoms with van der Waals surface area (Å²) in [5, 5.41) is 8.63. The van der Waals surface area contributed by atoms with Gasteiger partial charge in [0.05, 0.1) is 6.04 Å². The van der Waals surface area contributed by atoms with E-state index in [0.29, 0.717) is 19.5 Å². The zero-order valence-corrected chi connectivity index (χ0v) is 8.98. The van der Waals surface area contributed by atoms with E-state index in [9.17, 15) is 9.59 Å². The number of aliphatic carboxylic acids is 1. The number of carbonyl (C=O) groups excluding carboxylic acids is 1. The lowest BCUT2D eigenvalue weighted by Gasteiger charge is -2.19. The molecule has 0 aliphatic carbocycles. The van der Waals surface area contributed by atoms with Crippen molar-refractivity contribution in [3.8, 4) is 0 Å². The first-order valence-electron chi connectivity index (χ1n) is 5.30. The summed E-state index contributed by atoms with van der Waals surface area (Å²) < 4.78 is 0. The molecule has 1 unspecified atom stereocenters. The lowest BCUT2D eigenvalue weighted by atomic mass is 10.1. The molecular formula is C10H18N2O3. The standard InChI is InChI=1S/C10H18N2O3/c1-2-8(11)10(15)12-4-3-7(6-12)5-9(13)14/h7-8H,2-6,11H2,1H3,(H,13,14)/t7?,8-/m1/s1. The summed E-state index contributed by atoms with van der Waals surface area (Å²) in [6.07, 6.45) is 1.54. The van der Waals surface area contributed by atoms with Gasteiger partial charge in [-0.1, -0.05) is 6.92 Å². The second-order valence-electron chi connectivity index (χ2n) is 4.05. The zero-order valence-electron chi connectivity index (χ0n) is 8.98. The predicted molar refractivity (Wildman–Crippen MR) is 55.2 cm³/mol. The van der Waals surface area contributed by atoms with Gasteiger partial charge in [0.1, 0.15) is 0 Å². The molecule has 15 heavy (non-hydrogen) atoms. The number of rotatable bonds is 4. The van der Waals surface area contributed by atoms with Gasteiger partial charge in [0.15, 0.2) is 0 Å². The third-order valence-corrected chi connectivity index (χ3v) is 2.82. The number of nitrogens with zero attached hydrogens (tertiary/aromatic N) is 1. The van der Waals surface area contributed by atoms with Gasteiger partial charge < -0.3 is 15.7 Å². The van der Waals surface area contributed by atoms with Gasteiger partial charge in [-0.15, -0.1) is 0 Å². The molecule has 1 fully saturated rings. The maximum Gasteiger partial charge on any atom is 0.303 e. The Kier molecular flexibility index (Phi) is 4.08. The summed E-state index contributed by atoms with van der Waals surface area (Å²) in [7, 11) is 0. The van der Waals surface area contributed by atoms with Gasteiger partial charge in [0, 0.05) is 19.5 Å². The van der Waals surface area contributed by atoms with Crippen LogP contribution in [0.5, 0.6) is 0 Å². The average molecular weight is 214 g/mol. The van der Waals surface area contributed by atoms with Crippen molar-refractivity contribution in [1.82, 2.24) is 4.90 Å². The molecule has 0 spiro atoms. The van der Waals surface area contributed by atoms with Gasteiger partial charge in [-0.25, -0.2) is 0 Å². The van der Waals surface area contributed by atoms with Crippen LogP contribution in [0.1, 0.15) is 26.2 Å². The van der Waals surface area contributed by atoms with Crippen molar-refractivity contribution < 1.29 is 14.7 Å². The van der Waals surface area contributed by atoms with Crippen LogP contribution in [0.25, 0.3) is 0 Å². The largest absolute Gasteiger partial charge is 0.481 e. The van der Waals surface area contributed by atoms with Gasteiger partial charge >= 0.3 is 5.97 Å². The molecule has 0 aromatic rings. The van der Waals surface area contributed by atoms with E-state index in [0.717, 1.165) is 6.42 Å². The number of likely N-dealkylation sites (tertiary alicyclic amines) is 1. The number of hydrogen-bond donors (Lipinski definition) is 2. The van der Waals surface area contributed by atoms with E-state index >= 15 is 0 Å². The number of carboxylic acid groups (broad SMARTS) is 1. The summed E-state index contributed by atoms with van der Waals surface area (Å²) in [6, 6.07) is -0.437. The molecule has 5 nitrogen and oxygen atoms in total. The minimum absolute atomic E-state index is 0.0506. The van der Waals surface area contributed by atoms with Gasteiger partial charge in [-0.2, -0.15) is 0 Å². The molecule has 0 saturated carbocycles. The number of amides is 1. The van der Waals surface area contributed by atoms with Crippen molar-refractivity contribution in [3.05, 3.63) is 0 Å². The molecule has 1 heterocycles. The summed E-state index contributed by atoms with van der Waals surface area (Å²) in [4.78, 5) is 23.8. The molecule has 0 radical (unpaired) electrons. The molecule has 86 valence electrons. The van der Waals surface area contributed by atoms with Crippen molar-refractivity contribution in [1.29, 1.82) is 0 Å². The molecule has 1 aliphatic heterocycles. The van der Waals surface area contributed by atoms with Crippen LogP contribution < -0.4 is 5.73 Å². The molecule has 1 saturated heterocycles. The highest BCUT2D eigenvalue weighted by Gasteiger charge is 2.29. The maximum absolute atomic E-state index is 11.7. The van der Waals surface area contributed by atoms with Crippen LogP contribution in [0.4, 0.5) is 0 Å². The van der Waals surface area contributed by atoms with Crippen LogP contribution in [0, 0.1) is 5.92 Å². The minimum Gasteiger partial charge on any atom is -0.481 e. The summed E-state index contributed by atoms with van der Waals surface area (Å²) in [5.41, 5.74) is 5.64. The lowest BCUT2D eigenvalue weighted by Crippen LogP contribution is -2.42. The first kappa shape index (κ1) is 12.0. The molecule has 5 heteroatoms. The van der Waals surface area contributed by atoms with E-state index < -0.39 is 12.0 Å². The molecule has 1 amide bonds. The van der Waals surface area contributed by atoms with Crippen LogP contribution >= 0.6 is 0 Å². The SMILES string of the molecule is CC[C@@H](N)C(=O)N1CCC(CC(=O)O)C1. The molecule has 0 aromatic carbocycles. The molecular weight excluding hydrogens is 196 g/mol. The Labute approximate surface area is 89.2 Å². The van der Waals surface area contributed by atoms with Gasteiger partial charge in [-0.3, -0.25) is 9.59 Å². The third kappa shape index (κ3) is 3.20. The Morgan fingerprint density at radius 2 is 2.27 bits per heavy atom. The Morgan fingerprint density at radius 3 is 2.80 bits per heavy atom. The minimum atomic E-state index is -0.797. The van der Waals surface area contributed by atoms with Gasteiger partial charge in [0.2, 0.25) is 5.91 Å². The first-order valence-corrected chi connectivity index (χ1v) is 5.30. The van der Waals surface area contributed by atoms with Crippen molar-refractivity contribution in [2.45, 2.75) is 32.2 Å². The molecule has 3 N–H and O–H groups in total. The summed E-state index contributed by atoms with van der Waals surface area (Å²) in [5.74, 6) is -0.755. The normalized spacial score (nSPS) is 22.8. The fourth-order valence-electron chi connectivity index (χ4n) is 1.86. The van der Waals surface area contributed by atoms with E-state index in [1.165, 1.54) is 0 Å². The Morgan fingerprint density at radius 1 is 1.60 bits per heavy atom. The van der Waals surface area contributed by atoms with Crippen LogP contribution in [-0.2, 0) is 9.59 Å². The molecule has 0 aromatic heterocycles. The molecule has 1 rings (SSSR count). The van der Waals surface area contributed by atoms with Crippen molar-refractivity contribution in [2.24, 2.45) is 11.7 Å². The number of nitrogens with two attached hydrogens (primary N) is 1. The zero-order chi connectivity index (χ0) is 11.4. The number of carbonyl (C=O) groups is 2. The highest BCUT2D eigenvalue weighted by atomic mass is 16.4. The van der Waals surface area contributed by atoms with E-state index in [4.69, 9.17) is 10.8 Å². The van der Waals surface area contributed by atoms with Crippen molar-refractivity contribution >= 4 is 11.9 Å². The van der Waals surface area contributed by atoms with Crippen LogP contribution in [0.3, 0.4) is 0 Å². The predicted octanol–water partition coefficient (Wildman–Crippen LogP) is 0.0469. The summed E-state index contributed by atoms with van der Waals surface area (Å²) >= 11 is 0. The van der Waals surface area contributed by atoms with Crippen molar-refractivity contribution in [3.63, 3.8) is 0 Å². The Balaban J connectivity index is 2.42. The number of carboxylic acids is 1. The van der Waals surface area contributed by atoms with Gasteiger partial charge in [0.25, 0.3) is 0 Å². The van der Waals surface area contributed by atoms with E-state index in [1.807, 2.05) is 6.92 Å². The Bertz CT molecular complexity index is 255. The average Bonchev–Trinajstić information content (AvgIpc) is 2.63. The summed E-state index contributed by atoms with van der Waals surface area (Å²) in [6.45, 7) is 3.05. The van der Waals surface area contributed by atoms with Crippen LogP contribution in [0.15, 0.2) is 0 Å². The molecule has 2 atom stereocenters. The lowest BCUT2D eigenvalue weighted by molar-refractivity contribution is -0.138. The second kappa shape index (κ2) is 5.11. The molecule has 0 bridgehead atoms. The smallest absolute Gasteiger partial charge is 0.303 e. The first-order chi connectivity index (χ1) is 7.04. The highest BCUT2D eigenvalue weighted by molar-refractivity contribution is 5.81. The van der Waals surface area contributed by atoms with E-state index in [1.54, 1.807) is 4.90 Å². The second-order valence-corrected chi connectivity index (χ2v) is 4.05. The fraction of sp³-hybridized carbons (Fsp3) is 0.800. The topological polar surface area (TPSA) is 83.6 Å². The van der Waals surface area contributed by atoms with Crippen molar-refractivity contribution in [2.75, 3.05) is 13.1 Å². The maximum atomic E-state index is 11.7. The highest BCUT2D eigenvalue weighted by Crippen LogP contribution is 2.20. The Hall–Kier alpha value is -1.10. The quantitative estimate of drug-likeness (QED) is 0.692. The van der Waals surface area contributed by atoms with Crippen LogP contribution in [-0.4, -0.2) is 41.0 Å².